The lowest BCUT2D eigenvalue weighted by Crippen LogP contribution is -2.15. The molecule has 0 bridgehead atoms. The van der Waals surface area contributed by atoms with Crippen molar-refractivity contribution in [1.29, 1.82) is 0 Å². The van der Waals surface area contributed by atoms with Crippen LogP contribution >= 0.6 is 22.6 Å². The van der Waals surface area contributed by atoms with E-state index in [1.807, 2.05) is 0 Å². The van der Waals surface area contributed by atoms with Crippen molar-refractivity contribution < 1.29 is 18.7 Å². The molecule has 0 spiro atoms. The second kappa shape index (κ2) is 4.69. The Balaban J connectivity index is 3.33. The number of aliphatic carboxylic acids is 1. The monoisotopic (exact) mass is 329 g/mol. The Morgan fingerprint density at radius 2 is 2.20 bits per heavy atom. The summed E-state index contributed by atoms with van der Waals surface area (Å²) in [5.74, 6) is -1.25. The van der Waals surface area contributed by atoms with Gasteiger partial charge in [0.1, 0.15) is 0 Å². The SMILES string of the molecule is O=C(O)Cc1cc(=O)[nH]c(I)c1C(F)F. The minimum Gasteiger partial charge on any atom is -0.481 e. The van der Waals surface area contributed by atoms with Crippen LogP contribution in [0.5, 0.6) is 0 Å². The maximum atomic E-state index is 12.6. The van der Waals surface area contributed by atoms with Crippen molar-refractivity contribution >= 4 is 28.6 Å². The third-order valence-corrected chi connectivity index (χ3v) is 2.53. The molecule has 0 atom stereocenters. The molecule has 1 aromatic heterocycles. The molecule has 0 aliphatic rings. The Morgan fingerprint density at radius 3 is 2.67 bits per heavy atom. The molecule has 2 N–H and O–H groups in total. The maximum Gasteiger partial charge on any atom is 0.307 e. The van der Waals surface area contributed by atoms with Crippen LogP contribution < -0.4 is 5.56 Å². The van der Waals surface area contributed by atoms with Crippen molar-refractivity contribution in [2.24, 2.45) is 0 Å². The van der Waals surface area contributed by atoms with Gasteiger partial charge in [0.05, 0.1) is 15.7 Å². The first-order valence-electron chi connectivity index (χ1n) is 3.83. The van der Waals surface area contributed by atoms with Gasteiger partial charge in [-0.1, -0.05) is 0 Å². The number of rotatable bonds is 3. The molecule has 1 rings (SSSR count). The van der Waals surface area contributed by atoms with Crippen molar-refractivity contribution in [3.05, 3.63) is 31.2 Å². The molecule has 82 valence electrons. The molecule has 0 saturated carbocycles. The lowest BCUT2D eigenvalue weighted by molar-refractivity contribution is -0.136. The molecule has 0 saturated heterocycles. The third-order valence-electron chi connectivity index (χ3n) is 1.68. The van der Waals surface area contributed by atoms with E-state index >= 15 is 0 Å². The average Bonchev–Trinajstić information content (AvgIpc) is 1.99. The minimum atomic E-state index is -2.80. The summed E-state index contributed by atoms with van der Waals surface area (Å²) in [7, 11) is 0. The molecule has 7 heteroatoms. The van der Waals surface area contributed by atoms with Crippen molar-refractivity contribution in [2.75, 3.05) is 0 Å². The molecule has 15 heavy (non-hydrogen) atoms. The standard InChI is InChI=1S/C8H6F2INO3/c9-7(10)6-3(2-5(14)15)1-4(13)12-8(6)11/h1,7H,2H2,(H,12,13)(H,14,15). The number of carbonyl (C=O) groups is 1. The molecular weight excluding hydrogens is 323 g/mol. The number of hydrogen-bond donors (Lipinski definition) is 2. The van der Waals surface area contributed by atoms with Crippen molar-refractivity contribution in [3.63, 3.8) is 0 Å². The molecule has 1 aromatic rings. The number of carboxylic acids is 1. The van der Waals surface area contributed by atoms with E-state index in [0.29, 0.717) is 0 Å². The molecule has 0 amide bonds. The quantitative estimate of drug-likeness (QED) is 0.653. The van der Waals surface area contributed by atoms with Gasteiger partial charge in [0.15, 0.2) is 0 Å². The predicted molar refractivity (Wildman–Crippen MR) is 56.1 cm³/mol. The highest BCUT2D eigenvalue weighted by Crippen LogP contribution is 2.25. The third kappa shape index (κ3) is 2.98. The van der Waals surface area contributed by atoms with E-state index in [2.05, 4.69) is 4.98 Å². The zero-order chi connectivity index (χ0) is 11.6. The van der Waals surface area contributed by atoms with Crippen LogP contribution in [0.3, 0.4) is 0 Å². The topological polar surface area (TPSA) is 70.2 Å². The summed E-state index contributed by atoms with van der Waals surface area (Å²) in [6, 6.07) is 0.887. The molecule has 0 aromatic carbocycles. The number of halogens is 3. The fraction of sp³-hybridized carbons (Fsp3) is 0.250. The van der Waals surface area contributed by atoms with Gasteiger partial charge in [0.2, 0.25) is 5.56 Å². The molecule has 0 aliphatic heterocycles. The van der Waals surface area contributed by atoms with Crippen LogP contribution in [0.4, 0.5) is 8.78 Å². The van der Waals surface area contributed by atoms with Gasteiger partial charge >= 0.3 is 5.97 Å². The number of alkyl halides is 2. The lowest BCUT2D eigenvalue weighted by Gasteiger charge is -2.08. The van der Waals surface area contributed by atoms with Crippen LogP contribution in [-0.4, -0.2) is 16.1 Å². The summed E-state index contributed by atoms with van der Waals surface area (Å²) in [5, 5.41) is 8.50. The molecular formula is C8H6F2INO3. The number of carboxylic acid groups (broad SMARTS) is 1. The molecule has 0 radical (unpaired) electrons. The predicted octanol–water partition coefficient (Wildman–Crippen LogP) is 1.54. The minimum absolute atomic E-state index is 0.0219. The molecule has 4 nitrogen and oxygen atoms in total. The Hall–Kier alpha value is -0.990. The fourth-order valence-electron chi connectivity index (χ4n) is 1.13. The second-order valence-corrected chi connectivity index (χ2v) is 3.84. The van der Waals surface area contributed by atoms with Crippen LogP contribution in [0.1, 0.15) is 17.6 Å². The highest BCUT2D eigenvalue weighted by atomic mass is 127. The summed E-state index contributed by atoms with van der Waals surface area (Å²) in [6.45, 7) is 0. The second-order valence-electron chi connectivity index (χ2n) is 2.76. The van der Waals surface area contributed by atoms with E-state index in [1.165, 1.54) is 0 Å². The lowest BCUT2D eigenvalue weighted by atomic mass is 10.1. The normalized spacial score (nSPS) is 10.7. The largest absolute Gasteiger partial charge is 0.481 e. The molecule has 0 fully saturated rings. The van der Waals surface area contributed by atoms with Crippen LogP contribution in [0.15, 0.2) is 10.9 Å². The Bertz CT molecular complexity index is 444. The first-order valence-corrected chi connectivity index (χ1v) is 4.91. The van der Waals surface area contributed by atoms with Crippen LogP contribution in [0.25, 0.3) is 0 Å². The zero-order valence-corrected chi connectivity index (χ0v) is 9.42. The van der Waals surface area contributed by atoms with Gasteiger partial charge in [-0.15, -0.1) is 0 Å². The Morgan fingerprint density at radius 1 is 1.60 bits per heavy atom. The van der Waals surface area contributed by atoms with Gasteiger partial charge in [0, 0.05) is 6.07 Å². The number of hydrogen-bond acceptors (Lipinski definition) is 2. The fourth-order valence-corrected chi connectivity index (χ4v) is 1.98. The average molecular weight is 329 g/mol. The van der Waals surface area contributed by atoms with Gasteiger partial charge in [0.25, 0.3) is 6.43 Å². The molecule has 1 heterocycles. The molecule has 0 unspecified atom stereocenters. The first kappa shape index (κ1) is 12.1. The van der Waals surface area contributed by atoms with Gasteiger partial charge < -0.3 is 10.1 Å². The van der Waals surface area contributed by atoms with Crippen LogP contribution in [0.2, 0.25) is 0 Å². The van der Waals surface area contributed by atoms with Crippen LogP contribution in [0, 0.1) is 3.70 Å². The summed E-state index contributed by atoms with van der Waals surface area (Å²) >= 11 is 1.55. The summed E-state index contributed by atoms with van der Waals surface area (Å²) in [4.78, 5) is 23.6. The Labute approximate surface area is 96.5 Å². The molecule has 0 aliphatic carbocycles. The first-order chi connectivity index (χ1) is 6.91. The van der Waals surface area contributed by atoms with E-state index < -0.39 is 29.9 Å². The summed E-state index contributed by atoms with van der Waals surface area (Å²) < 4.78 is 25.1. The smallest absolute Gasteiger partial charge is 0.307 e. The van der Waals surface area contributed by atoms with E-state index in [9.17, 15) is 18.4 Å². The van der Waals surface area contributed by atoms with Gasteiger partial charge in [-0.25, -0.2) is 8.78 Å². The zero-order valence-electron chi connectivity index (χ0n) is 7.26. The van der Waals surface area contributed by atoms with Gasteiger partial charge in [-0.2, -0.15) is 0 Å². The maximum absolute atomic E-state index is 12.6. The number of pyridine rings is 1. The van der Waals surface area contributed by atoms with Crippen molar-refractivity contribution in [1.82, 2.24) is 4.98 Å². The highest BCUT2D eigenvalue weighted by Gasteiger charge is 2.19. The summed E-state index contributed by atoms with van der Waals surface area (Å²) in [5.41, 5.74) is -1.15. The number of aromatic nitrogens is 1. The number of aromatic amines is 1. The van der Waals surface area contributed by atoms with E-state index in [-0.39, 0.29) is 9.26 Å². The van der Waals surface area contributed by atoms with Crippen LogP contribution in [-0.2, 0) is 11.2 Å². The van der Waals surface area contributed by atoms with E-state index in [1.54, 1.807) is 22.6 Å². The van der Waals surface area contributed by atoms with E-state index in [4.69, 9.17) is 5.11 Å². The number of nitrogens with one attached hydrogen (secondary N) is 1. The van der Waals surface area contributed by atoms with Crippen molar-refractivity contribution in [3.8, 4) is 0 Å². The van der Waals surface area contributed by atoms with Crippen molar-refractivity contribution in [2.45, 2.75) is 12.8 Å². The summed E-state index contributed by atoms with van der Waals surface area (Å²) in [6.07, 6.45) is -3.39. The van der Waals surface area contributed by atoms with E-state index in [0.717, 1.165) is 6.07 Å². The Kier molecular flexibility index (Phi) is 3.77. The van der Waals surface area contributed by atoms with Gasteiger partial charge in [-0.05, 0) is 28.2 Å². The highest BCUT2D eigenvalue weighted by molar-refractivity contribution is 14.1. The number of H-pyrrole nitrogens is 1. The van der Waals surface area contributed by atoms with Gasteiger partial charge in [-0.3, -0.25) is 9.59 Å².